The van der Waals surface area contributed by atoms with Gasteiger partial charge in [0.2, 0.25) is 0 Å². The van der Waals surface area contributed by atoms with Crippen LogP contribution in [0.15, 0.2) is 24.3 Å². The van der Waals surface area contributed by atoms with Crippen molar-refractivity contribution >= 4 is 17.8 Å². The van der Waals surface area contributed by atoms with Crippen molar-refractivity contribution in [1.82, 2.24) is 20.7 Å². The Labute approximate surface area is 182 Å². The second-order valence-electron chi connectivity index (χ2n) is 8.70. The van der Waals surface area contributed by atoms with Crippen molar-refractivity contribution < 1.29 is 23.9 Å². The average molecular weight is 431 g/mol. The maximum Gasteiger partial charge on any atom is 0.344 e. The molecule has 1 aromatic carbocycles. The molecule has 1 saturated carbocycles. The summed E-state index contributed by atoms with van der Waals surface area (Å²) in [5.41, 5.74) is 1.62. The van der Waals surface area contributed by atoms with E-state index in [9.17, 15) is 14.4 Å². The molecule has 3 aliphatic rings. The average Bonchev–Trinajstić information content (AvgIpc) is 2.99. The third-order valence-electron chi connectivity index (χ3n) is 6.37. The third kappa shape index (κ3) is 4.46. The number of rotatable bonds is 6. The largest absolute Gasteiger partial charge is 0.486 e. The van der Waals surface area contributed by atoms with Crippen molar-refractivity contribution in [2.24, 2.45) is 5.92 Å². The van der Waals surface area contributed by atoms with Gasteiger partial charge in [-0.1, -0.05) is 26.0 Å². The maximum atomic E-state index is 12.9. The molecule has 2 heterocycles. The highest BCUT2D eigenvalue weighted by atomic mass is 16.6. The number of ether oxygens (including phenoxy) is 2. The smallest absolute Gasteiger partial charge is 0.344 e. The number of fused-ring (bicyclic) bond motifs is 1. The highest BCUT2D eigenvalue weighted by molar-refractivity contribution is 6.08. The number of hydrogen-bond acceptors (Lipinski definition) is 6. The number of hydrogen-bond donors (Lipinski definition) is 2. The molecule has 4 rings (SSSR count). The van der Waals surface area contributed by atoms with Gasteiger partial charge in [0.05, 0.1) is 6.54 Å². The number of benzene rings is 1. The summed E-state index contributed by atoms with van der Waals surface area (Å²) in [5.74, 6) is 1.16. The van der Waals surface area contributed by atoms with E-state index in [4.69, 9.17) is 9.47 Å². The van der Waals surface area contributed by atoms with Gasteiger partial charge < -0.3 is 14.8 Å². The van der Waals surface area contributed by atoms with E-state index in [0.717, 1.165) is 17.9 Å². The molecule has 31 heavy (non-hydrogen) atoms. The Kier molecular flexibility index (Phi) is 6.04. The lowest BCUT2D eigenvalue weighted by Gasteiger charge is -2.33. The van der Waals surface area contributed by atoms with Crippen LogP contribution in [0, 0.1) is 5.92 Å². The first-order valence-electron chi connectivity index (χ1n) is 11.0. The van der Waals surface area contributed by atoms with Gasteiger partial charge in [-0.2, -0.15) is 5.01 Å². The number of imide groups is 1. The van der Waals surface area contributed by atoms with E-state index in [1.165, 1.54) is 0 Å². The standard InChI is InChI=1S/C22H30N4O5/c1-3-25(12-16-14-30-17-6-4-5-7-18(17)31-16)13-19(27)24-26-20(28)22(23-21(26)29)10-8-15(2)9-11-22/h4-7,15-16H,3,8-14H2,1-2H3,(H,23,29)(H,24,27). The van der Waals surface area contributed by atoms with Gasteiger partial charge in [-0.05, 0) is 50.3 Å². The SMILES string of the molecule is CCN(CC(=O)NN1C(=O)NC2(CCC(C)CC2)C1=O)CC1COc2ccccc2O1. The lowest BCUT2D eigenvalue weighted by atomic mass is 9.77. The summed E-state index contributed by atoms with van der Waals surface area (Å²) in [7, 11) is 0. The molecule has 1 unspecified atom stereocenters. The van der Waals surface area contributed by atoms with E-state index in [2.05, 4.69) is 17.7 Å². The minimum Gasteiger partial charge on any atom is -0.486 e. The van der Waals surface area contributed by atoms with Crippen molar-refractivity contribution in [3.05, 3.63) is 24.3 Å². The number of carbonyl (C=O) groups excluding carboxylic acids is 3. The van der Waals surface area contributed by atoms with E-state index < -0.39 is 17.5 Å². The quantitative estimate of drug-likeness (QED) is 0.666. The zero-order chi connectivity index (χ0) is 22.0. The van der Waals surface area contributed by atoms with Crippen molar-refractivity contribution in [3.8, 4) is 11.5 Å². The third-order valence-corrected chi connectivity index (χ3v) is 6.37. The van der Waals surface area contributed by atoms with Gasteiger partial charge in [0.25, 0.3) is 11.8 Å². The van der Waals surface area contributed by atoms with E-state index in [1.807, 2.05) is 36.1 Å². The first-order valence-corrected chi connectivity index (χ1v) is 11.0. The Balaban J connectivity index is 1.31. The summed E-state index contributed by atoms with van der Waals surface area (Å²) >= 11 is 0. The number of carbonyl (C=O) groups is 3. The molecule has 168 valence electrons. The molecule has 1 spiro atoms. The van der Waals surface area contributed by atoms with Crippen LogP contribution in [0.2, 0.25) is 0 Å². The molecule has 1 aliphatic carbocycles. The van der Waals surface area contributed by atoms with Crippen LogP contribution in [0.3, 0.4) is 0 Å². The van der Waals surface area contributed by atoms with Crippen molar-refractivity contribution in [2.75, 3.05) is 26.2 Å². The minimum absolute atomic E-state index is 0.0408. The van der Waals surface area contributed by atoms with Gasteiger partial charge in [0.1, 0.15) is 18.2 Å². The maximum absolute atomic E-state index is 12.9. The Morgan fingerprint density at radius 3 is 2.68 bits per heavy atom. The fourth-order valence-electron chi connectivity index (χ4n) is 4.43. The first kappa shape index (κ1) is 21.4. The van der Waals surface area contributed by atoms with E-state index in [-0.39, 0.29) is 18.6 Å². The van der Waals surface area contributed by atoms with E-state index >= 15 is 0 Å². The van der Waals surface area contributed by atoms with Gasteiger partial charge in [-0.15, -0.1) is 0 Å². The van der Waals surface area contributed by atoms with Gasteiger partial charge in [-0.3, -0.25) is 19.9 Å². The number of hydrazine groups is 1. The van der Waals surface area contributed by atoms with Crippen molar-refractivity contribution in [1.29, 1.82) is 0 Å². The van der Waals surface area contributed by atoms with Gasteiger partial charge in [-0.25, -0.2) is 4.79 Å². The summed E-state index contributed by atoms with van der Waals surface area (Å²) in [6.07, 6.45) is 2.75. The zero-order valence-electron chi connectivity index (χ0n) is 18.1. The van der Waals surface area contributed by atoms with Crippen LogP contribution in [-0.4, -0.2) is 65.6 Å². The molecule has 9 heteroatoms. The topological polar surface area (TPSA) is 100 Å². The van der Waals surface area contributed by atoms with Crippen LogP contribution in [0.1, 0.15) is 39.5 Å². The molecule has 9 nitrogen and oxygen atoms in total. The van der Waals surface area contributed by atoms with Gasteiger partial charge in [0, 0.05) is 6.54 Å². The fraction of sp³-hybridized carbons (Fsp3) is 0.591. The normalized spacial score (nSPS) is 27.5. The molecule has 2 N–H and O–H groups in total. The van der Waals surface area contributed by atoms with Crippen molar-refractivity contribution in [2.45, 2.75) is 51.2 Å². The van der Waals surface area contributed by atoms with Crippen molar-refractivity contribution in [3.63, 3.8) is 0 Å². The molecule has 0 aromatic heterocycles. The van der Waals surface area contributed by atoms with Crippen LogP contribution in [0.4, 0.5) is 4.79 Å². The number of nitrogens with zero attached hydrogens (tertiary/aromatic N) is 2. The molecule has 0 radical (unpaired) electrons. The Morgan fingerprint density at radius 1 is 1.26 bits per heavy atom. The number of likely N-dealkylation sites (N-methyl/N-ethyl adjacent to an activating group) is 1. The highest BCUT2D eigenvalue weighted by Crippen LogP contribution is 2.36. The summed E-state index contributed by atoms with van der Waals surface area (Å²) < 4.78 is 11.7. The Morgan fingerprint density at radius 2 is 1.97 bits per heavy atom. The molecular weight excluding hydrogens is 400 g/mol. The Bertz CT molecular complexity index is 852. The predicted molar refractivity (Wildman–Crippen MR) is 112 cm³/mol. The summed E-state index contributed by atoms with van der Waals surface area (Å²) in [6.45, 7) is 5.61. The summed E-state index contributed by atoms with van der Waals surface area (Å²) in [6, 6.07) is 6.92. The number of para-hydroxylation sites is 2. The number of nitrogens with one attached hydrogen (secondary N) is 2. The predicted octanol–water partition coefficient (Wildman–Crippen LogP) is 1.68. The molecule has 1 aromatic rings. The molecule has 0 bridgehead atoms. The summed E-state index contributed by atoms with van der Waals surface area (Å²) in [4.78, 5) is 39.8. The first-order chi connectivity index (χ1) is 14.9. The van der Waals surface area contributed by atoms with Crippen LogP contribution in [-0.2, 0) is 9.59 Å². The van der Waals surface area contributed by atoms with Gasteiger partial charge in [0.15, 0.2) is 11.5 Å². The fourth-order valence-corrected chi connectivity index (χ4v) is 4.43. The zero-order valence-corrected chi connectivity index (χ0v) is 18.1. The molecule has 1 atom stereocenters. The minimum atomic E-state index is -0.873. The Hall–Kier alpha value is -2.81. The molecular formula is C22H30N4O5. The molecule has 4 amide bonds. The van der Waals surface area contributed by atoms with Crippen LogP contribution in [0.25, 0.3) is 0 Å². The molecule has 1 saturated heterocycles. The summed E-state index contributed by atoms with van der Waals surface area (Å²) in [5, 5.41) is 3.66. The van der Waals surface area contributed by atoms with Crippen LogP contribution < -0.4 is 20.2 Å². The molecule has 2 fully saturated rings. The highest BCUT2D eigenvalue weighted by Gasteiger charge is 2.52. The van der Waals surface area contributed by atoms with Crippen LogP contribution >= 0.6 is 0 Å². The molecule has 2 aliphatic heterocycles. The van der Waals surface area contributed by atoms with Crippen LogP contribution in [0.5, 0.6) is 11.5 Å². The van der Waals surface area contributed by atoms with E-state index in [0.29, 0.717) is 50.0 Å². The van der Waals surface area contributed by atoms with E-state index in [1.54, 1.807) is 0 Å². The second-order valence-corrected chi connectivity index (χ2v) is 8.70. The lowest BCUT2D eigenvalue weighted by Crippen LogP contribution is -2.53. The number of urea groups is 1. The number of amides is 4. The monoisotopic (exact) mass is 430 g/mol. The van der Waals surface area contributed by atoms with Gasteiger partial charge >= 0.3 is 6.03 Å². The lowest BCUT2D eigenvalue weighted by molar-refractivity contribution is -0.140. The second kappa shape index (κ2) is 8.74.